The number of thiophene rings is 3. The Kier molecular flexibility index (Phi) is 34.2. The van der Waals surface area contributed by atoms with E-state index in [9.17, 15) is 12.8 Å². The number of nitrogens with zero attached hydrogens (tertiary/aromatic N) is 29. The summed E-state index contributed by atoms with van der Waals surface area (Å²) in [6, 6.07) is 47.5. The summed E-state index contributed by atoms with van der Waals surface area (Å²) in [4.78, 5) is 45.9. The Morgan fingerprint density at radius 1 is 0.467 bits per heavy atom. The Hall–Kier alpha value is -10.6. The normalized spacial score (nSPS) is 18.0. The van der Waals surface area contributed by atoms with Crippen LogP contribution in [0.25, 0.3) is 47.3 Å². The first kappa shape index (κ1) is 101. The van der Waals surface area contributed by atoms with Crippen molar-refractivity contribution in [1.82, 2.24) is 57.5 Å². The summed E-state index contributed by atoms with van der Waals surface area (Å²) >= 11 is 19.9. The molecule has 6 aliphatic rings. The second-order valence-corrected chi connectivity index (χ2v) is 44.2. The zero-order chi connectivity index (χ0) is 95.0. The van der Waals surface area contributed by atoms with Crippen molar-refractivity contribution in [2.24, 2.45) is 106 Å². The Balaban J connectivity index is 0.000000143. The van der Waals surface area contributed by atoms with E-state index in [0.29, 0.717) is 4.90 Å². The second-order valence-electron chi connectivity index (χ2n) is 34.4. The van der Waals surface area contributed by atoms with Gasteiger partial charge in [0, 0.05) is 143 Å². The maximum absolute atomic E-state index is 13.2. The largest absolute Gasteiger partial charge is 1.00 e. The van der Waals surface area contributed by atoms with Gasteiger partial charge in [-0.2, -0.15) is 11.1 Å². The maximum Gasteiger partial charge on any atom is 1.00 e. The summed E-state index contributed by atoms with van der Waals surface area (Å²) in [5.41, 5.74) is 30.3. The van der Waals surface area contributed by atoms with E-state index in [1.54, 1.807) is 82.2 Å². The van der Waals surface area contributed by atoms with Gasteiger partial charge in [-0.25, -0.2) is 52.7 Å². The van der Waals surface area contributed by atoms with Gasteiger partial charge in [-0.3, -0.25) is 17.6 Å². The van der Waals surface area contributed by atoms with Crippen LogP contribution in [0, 0.1) is 27.3 Å². The van der Waals surface area contributed by atoms with Crippen LogP contribution >= 0.6 is 81.5 Å². The van der Waals surface area contributed by atoms with Gasteiger partial charge in [0.1, 0.15) is 10.5 Å². The average molecular weight is 2040 g/mol. The molecule has 3 saturated heterocycles. The minimum atomic E-state index is -1.14. The van der Waals surface area contributed by atoms with E-state index in [0.717, 1.165) is 157 Å². The maximum atomic E-state index is 13.2. The molecule has 0 amide bonds. The molecule has 0 bridgehead atoms. The number of pyridine rings is 1. The number of aromatic nitrogens is 10. The van der Waals surface area contributed by atoms with Crippen molar-refractivity contribution in [3.63, 3.8) is 0 Å². The Bertz CT molecular complexity index is 6980. The summed E-state index contributed by atoms with van der Waals surface area (Å²) in [5, 5.41) is 56.3. The van der Waals surface area contributed by atoms with Crippen LogP contribution in [0.1, 0.15) is 133 Å². The van der Waals surface area contributed by atoms with E-state index in [1.807, 2.05) is 101 Å². The van der Waals surface area contributed by atoms with Crippen molar-refractivity contribution in [2.75, 3.05) is 61.1 Å². The van der Waals surface area contributed by atoms with Crippen molar-refractivity contribution in [1.29, 1.82) is 11.1 Å². The van der Waals surface area contributed by atoms with Crippen molar-refractivity contribution in [3.05, 3.63) is 250 Å². The van der Waals surface area contributed by atoms with Gasteiger partial charge in [0.2, 0.25) is 17.8 Å². The number of anilines is 3. The van der Waals surface area contributed by atoms with Crippen LogP contribution in [0.2, 0.25) is 5.02 Å². The third-order valence-corrected chi connectivity index (χ3v) is 33.2. The first-order chi connectivity index (χ1) is 66.0. The summed E-state index contributed by atoms with van der Waals surface area (Å²) in [7, 11) is -3.26. The van der Waals surface area contributed by atoms with Crippen LogP contribution in [0.5, 0.6) is 0 Å². The van der Waals surface area contributed by atoms with E-state index in [1.165, 1.54) is 63.3 Å². The quantitative estimate of drug-likeness (QED) is 0.0217. The van der Waals surface area contributed by atoms with Crippen LogP contribution in [-0.2, 0) is 53.9 Å². The summed E-state index contributed by atoms with van der Waals surface area (Å²) < 4.78 is 57.2. The first-order valence-corrected chi connectivity index (χ1v) is 50.3. The molecule has 0 unspecified atom stereocenters. The number of nitrogens with one attached hydrogen (secondary N) is 4. The van der Waals surface area contributed by atoms with Crippen molar-refractivity contribution < 1.29 is 43.7 Å². The average Bonchev–Trinajstić information content (AvgIpc) is 1.59. The van der Waals surface area contributed by atoms with Crippen molar-refractivity contribution in [2.45, 2.75) is 151 Å². The molecule has 15 aromatic rings. The molecule has 3 spiro atoms. The van der Waals surface area contributed by atoms with E-state index < -0.39 is 29.1 Å². The molecule has 48 heteroatoms. The van der Waals surface area contributed by atoms with Gasteiger partial charge in [-0.1, -0.05) is 120 Å². The number of hydrogen-bond donors (Lipinski definition) is 5. The number of benzene rings is 5. The zero-order valence-corrected chi connectivity index (χ0v) is 85.7. The fraction of sp³-hybridized carbons (Fsp3) is 0.337. The van der Waals surface area contributed by atoms with Crippen LogP contribution in [0.3, 0.4) is 0 Å². The number of rotatable bonds is 19. The summed E-state index contributed by atoms with van der Waals surface area (Å²) in [5.74, 6) is 2.82. The zero-order valence-electron chi connectivity index (χ0n) is 76.5. The molecule has 13 heterocycles. The van der Waals surface area contributed by atoms with E-state index >= 15 is 0 Å². The molecule has 137 heavy (non-hydrogen) atoms. The Morgan fingerprint density at radius 3 is 1.23 bits per heavy atom. The van der Waals surface area contributed by atoms with Gasteiger partial charge in [-0.05, 0) is 297 Å². The number of hydrogen-bond acceptors (Lipinski definition) is 21. The smallest absolute Gasteiger partial charge is 0.775 e. The van der Waals surface area contributed by atoms with E-state index in [2.05, 4.69) is 264 Å². The van der Waals surface area contributed by atoms with Gasteiger partial charge >= 0.3 is 29.6 Å². The van der Waals surface area contributed by atoms with Crippen LogP contribution in [-0.4, -0.2) is 112 Å². The SMILES string of the molecule is CC(C)(C)[S@@](=O)N[C@@H]1c2ccccc2CC12CCN(c1ncc(Sc3cccc4sccc34)c3nccn13)CC2.CC(C)(C)[S@@](=O)N[C@@H]1c2ccccc2CC12CCN(c1ncc([S-])c3nccn13)CC2.Cl.Clc1ccnc2sccc12.N=N/N=N/N=N/N=N/N=N/N=N/N=N/N=N/N=N.N[C@@H]1c2ccccc2CC12CCN(c1ncc(Sc3cccc4sccc34)c3nccn13)CC2.[2H]CF.[Na+]. The van der Waals surface area contributed by atoms with Crippen LogP contribution in [0.4, 0.5) is 22.2 Å². The molecular weight excluding hydrogens is 1950 g/mol. The van der Waals surface area contributed by atoms with Gasteiger partial charge in [0.15, 0.2) is 11.3 Å². The molecule has 0 radical (unpaired) electrons. The number of piperidine rings is 3. The fourth-order valence-electron chi connectivity index (χ4n) is 18.2. The number of nitrogens with two attached hydrogens (primary N) is 1. The monoisotopic (exact) mass is 2040 g/mol. The fourth-order valence-corrected chi connectivity index (χ4v) is 25.1. The number of fused-ring (bicyclic) bond motifs is 9. The Labute approximate surface area is 854 Å². The molecule has 0 saturated carbocycles. The molecule has 36 nitrogen and oxygen atoms in total. The van der Waals surface area contributed by atoms with Crippen LogP contribution in [0.15, 0.2) is 320 Å². The molecule has 3 aliphatic carbocycles. The van der Waals surface area contributed by atoms with Crippen LogP contribution < -0.4 is 59.4 Å². The third-order valence-electron chi connectivity index (χ3n) is 24.7. The van der Waals surface area contributed by atoms with Crippen molar-refractivity contribution in [3.8, 4) is 0 Å². The van der Waals surface area contributed by atoms with Gasteiger partial charge in [0.25, 0.3) is 0 Å². The number of imidazole rings is 3. The molecule has 5 aromatic carbocycles. The molecule has 3 fully saturated rings. The molecule has 5 atom stereocenters. The third kappa shape index (κ3) is 23.1. The van der Waals surface area contributed by atoms with Crippen molar-refractivity contribution >= 4 is 181 Å². The Morgan fingerprint density at radius 2 is 0.825 bits per heavy atom. The molecule has 704 valence electrons. The number of halogens is 3. The van der Waals surface area contributed by atoms with E-state index in [-0.39, 0.29) is 85.8 Å². The van der Waals surface area contributed by atoms with E-state index in [4.69, 9.17) is 62.3 Å². The summed E-state index contributed by atoms with van der Waals surface area (Å²) in [6.45, 7) is 17.7. The molecule has 21 rings (SSSR count). The minimum Gasteiger partial charge on any atom is -0.775 e. The summed E-state index contributed by atoms with van der Waals surface area (Å²) in [6.07, 6.45) is 28.3. The minimum absolute atomic E-state index is 0. The first-order valence-electron chi connectivity index (χ1n) is 43.6. The molecule has 10 aromatic heterocycles. The predicted octanol–water partition coefficient (Wildman–Crippen LogP) is 21.0. The van der Waals surface area contributed by atoms with Gasteiger partial charge < -0.3 is 33.1 Å². The predicted molar refractivity (Wildman–Crippen MR) is 536 cm³/mol. The topological polar surface area (TPSA) is 443 Å². The molecule has 3 aliphatic heterocycles. The number of alkyl halides is 1. The standard InChI is InChI=1S/C31H33N5OS3.C27H25N5S2.C23H29N5OS2.C7H4ClNS.CH3F.ClH.H2N18.Na/c1-30(2,3)40(37)34-27-22-8-5-4-7-21(22)19-31(27)12-15-35(16-13-31)29-33-20-26(28-32-14-17-36(28)29)39-25-10-6-9-24-23(25)11-18-38-24;28-24-19-5-2-1-4-18(19)16-27(24)9-12-31(13-10-27)26-30-17-23(25-29-11-14-32(25)26)34-22-7-3-6-21-20(22)8-15-33-21;1-22(2,3)31(29)26-19-17-7-5-4-6-16(17)14-23(19)8-11-27(12-9-23)21-25-15-18(30)20-24-10-13-28(20)21;8-6-1-3-9-7-5(6)2-4-10-7;1-2;;1-3-5-7-9-11-13-15-17-18-16-14-12-10-8-6-4-2;/h4-11,14,17-18,20,27,34H,12-13,15-16,19H2,1-3H3;1-8,11,14-15,17,24H,9-10,12-13,16,28H2;4-7,10,13,15,19,26,30H,8-9,11-12,14H2,1-3H3;1-4H;1H3;1H;1-2H;/q;;;;;;;+1/p-1/b;;;;;;3-1?,4-2?,7-5+,8-6+,11-9+,12-10+,15-13+,16-14+,18-17+;/t27-,40-;24-;19-,31-;;;;;/m111...../s1/i;;;;1D;;;. The van der Waals surface area contributed by atoms with Gasteiger partial charge in [0.05, 0.1) is 66.9 Å². The molecule has 6 N–H and O–H groups in total. The van der Waals surface area contributed by atoms with Gasteiger partial charge in [-0.15, -0.1) is 51.3 Å². The second kappa shape index (κ2) is 46.4. The molecular formula is C89H96Cl2FN34NaO2S8.